The Bertz CT molecular complexity index is 272. The molecule has 0 radical (unpaired) electrons. The molecule has 0 aliphatic heterocycles. The average Bonchev–Trinajstić information content (AvgIpc) is 2.31. The summed E-state index contributed by atoms with van der Waals surface area (Å²) in [6.45, 7) is 0.406. The fraction of sp³-hybridized carbons (Fsp3) is 0.818. The van der Waals surface area contributed by atoms with E-state index in [9.17, 15) is 9.18 Å². The van der Waals surface area contributed by atoms with E-state index in [0.29, 0.717) is 38.6 Å². The normalized spacial score (nSPS) is 24.8. The van der Waals surface area contributed by atoms with Crippen LogP contribution in [0.4, 0.5) is 4.39 Å². The Morgan fingerprint density at radius 1 is 1.44 bits per heavy atom. The second-order valence-corrected chi connectivity index (χ2v) is 4.30. The van der Waals surface area contributed by atoms with E-state index in [1.54, 1.807) is 4.90 Å². The van der Waals surface area contributed by atoms with Gasteiger partial charge in [0.15, 0.2) is 0 Å². The van der Waals surface area contributed by atoms with Crippen molar-refractivity contribution in [2.75, 3.05) is 12.4 Å². The highest BCUT2D eigenvalue weighted by Crippen LogP contribution is 2.25. The quantitative estimate of drug-likeness (QED) is 0.714. The summed E-state index contributed by atoms with van der Waals surface area (Å²) in [5.41, 5.74) is 0. The van der Waals surface area contributed by atoms with E-state index < -0.39 is 6.17 Å². The third kappa shape index (κ3) is 3.64. The van der Waals surface area contributed by atoms with Crippen molar-refractivity contribution < 1.29 is 9.18 Å². The first-order valence-corrected chi connectivity index (χ1v) is 6.09. The molecule has 0 heterocycles. The van der Waals surface area contributed by atoms with Crippen molar-refractivity contribution in [1.29, 1.82) is 5.26 Å². The number of rotatable bonds is 4. The number of alkyl halides is 2. The first-order valence-electron chi connectivity index (χ1n) is 5.55. The van der Waals surface area contributed by atoms with Gasteiger partial charge in [0.2, 0.25) is 5.91 Å². The Balaban J connectivity index is 2.54. The molecule has 1 aliphatic rings. The van der Waals surface area contributed by atoms with Crippen molar-refractivity contribution in [3.05, 3.63) is 0 Å². The van der Waals surface area contributed by atoms with Crippen LogP contribution < -0.4 is 0 Å². The van der Waals surface area contributed by atoms with Gasteiger partial charge in [0.25, 0.3) is 0 Å². The second kappa shape index (κ2) is 6.70. The molecule has 1 fully saturated rings. The van der Waals surface area contributed by atoms with Gasteiger partial charge in [-0.3, -0.25) is 4.79 Å². The number of hydrogen-bond acceptors (Lipinski definition) is 2. The first kappa shape index (κ1) is 13.2. The van der Waals surface area contributed by atoms with Crippen LogP contribution in [-0.4, -0.2) is 35.4 Å². The topological polar surface area (TPSA) is 44.1 Å². The first-order chi connectivity index (χ1) is 7.69. The Hall–Kier alpha value is -0.820. The summed E-state index contributed by atoms with van der Waals surface area (Å²) in [6.07, 6.45) is 1.93. The van der Waals surface area contributed by atoms with E-state index >= 15 is 0 Å². The average molecular weight is 247 g/mol. The van der Waals surface area contributed by atoms with Gasteiger partial charge in [-0.25, -0.2) is 4.39 Å². The molecule has 0 aromatic rings. The molecular formula is C11H16ClFN2O. The molecular weight excluding hydrogens is 231 g/mol. The number of hydrogen-bond donors (Lipinski definition) is 0. The fourth-order valence-electron chi connectivity index (χ4n) is 2.10. The fourth-order valence-corrected chi connectivity index (χ4v) is 2.26. The zero-order valence-electron chi connectivity index (χ0n) is 9.16. The molecule has 0 aromatic carbocycles. The molecule has 0 saturated heterocycles. The van der Waals surface area contributed by atoms with Crippen molar-refractivity contribution in [3.8, 4) is 6.07 Å². The lowest BCUT2D eigenvalue weighted by atomic mass is 9.92. The van der Waals surface area contributed by atoms with Crippen LogP contribution in [0.15, 0.2) is 0 Å². The molecule has 0 spiro atoms. The zero-order valence-corrected chi connectivity index (χ0v) is 9.92. The van der Waals surface area contributed by atoms with Crippen molar-refractivity contribution in [2.45, 2.75) is 44.3 Å². The van der Waals surface area contributed by atoms with Gasteiger partial charge in [-0.15, -0.1) is 11.6 Å². The van der Waals surface area contributed by atoms with Gasteiger partial charge in [-0.05, 0) is 25.7 Å². The van der Waals surface area contributed by atoms with E-state index in [4.69, 9.17) is 16.9 Å². The Kier molecular flexibility index (Phi) is 5.54. The van der Waals surface area contributed by atoms with Crippen LogP contribution >= 0.6 is 11.6 Å². The molecule has 5 heteroatoms. The second-order valence-electron chi connectivity index (χ2n) is 4.03. The standard InChI is InChI=1S/C11H16ClFN2O/c12-8-11(16)15(7-1-6-14)10-4-2-9(13)3-5-10/h9-10H,1-5,7-8H2. The van der Waals surface area contributed by atoms with Crippen LogP contribution in [0, 0.1) is 11.3 Å². The smallest absolute Gasteiger partial charge is 0.237 e. The molecule has 16 heavy (non-hydrogen) atoms. The lowest BCUT2D eigenvalue weighted by molar-refractivity contribution is -0.131. The molecule has 3 nitrogen and oxygen atoms in total. The summed E-state index contributed by atoms with van der Waals surface area (Å²) < 4.78 is 13.0. The predicted octanol–water partition coefficient (Wildman–Crippen LogP) is 2.25. The third-order valence-electron chi connectivity index (χ3n) is 2.97. The lowest BCUT2D eigenvalue weighted by Gasteiger charge is -2.34. The number of halogens is 2. The minimum Gasteiger partial charge on any atom is -0.338 e. The summed E-state index contributed by atoms with van der Waals surface area (Å²) in [5, 5.41) is 8.53. The highest BCUT2D eigenvalue weighted by molar-refractivity contribution is 6.27. The molecule has 0 N–H and O–H groups in total. The summed E-state index contributed by atoms with van der Waals surface area (Å²) in [6, 6.07) is 2.08. The molecule has 1 amide bonds. The number of nitrogens with zero attached hydrogens (tertiary/aromatic N) is 2. The summed E-state index contributed by atoms with van der Waals surface area (Å²) >= 11 is 5.53. The SMILES string of the molecule is N#CCCN(C(=O)CCl)C1CCC(F)CC1. The maximum atomic E-state index is 13.0. The highest BCUT2D eigenvalue weighted by Gasteiger charge is 2.27. The van der Waals surface area contributed by atoms with Gasteiger partial charge < -0.3 is 4.90 Å². The maximum absolute atomic E-state index is 13.0. The molecule has 0 unspecified atom stereocenters. The number of carbonyl (C=O) groups excluding carboxylic acids is 1. The van der Waals surface area contributed by atoms with Crippen molar-refractivity contribution in [2.24, 2.45) is 0 Å². The Labute approximate surface area is 100 Å². The molecule has 0 bridgehead atoms. The van der Waals surface area contributed by atoms with E-state index in [2.05, 4.69) is 0 Å². The van der Waals surface area contributed by atoms with Crippen molar-refractivity contribution in [1.82, 2.24) is 4.90 Å². The van der Waals surface area contributed by atoms with Crippen LogP contribution in [0.3, 0.4) is 0 Å². The summed E-state index contributed by atoms with van der Waals surface area (Å²) in [7, 11) is 0. The number of nitriles is 1. The van der Waals surface area contributed by atoms with E-state index in [-0.39, 0.29) is 17.8 Å². The van der Waals surface area contributed by atoms with Crippen molar-refractivity contribution in [3.63, 3.8) is 0 Å². The van der Waals surface area contributed by atoms with Crippen LogP contribution in [0.5, 0.6) is 0 Å². The maximum Gasteiger partial charge on any atom is 0.237 e. The minimum absolute atomic E-state index is 0.0617. The zero-order chi connectivity index (χ0) is 12.0. The molecule has 1 saturated carbocycles. The van der Waals surface area contributed by atoms with Crippen LogP contribution in [0.2, 0.25) is 0 Å². The van der Waals surface area contributed by atoms with Crippen LogP contribution in [-0.2, 0) is 4.79 Å². The molecule has 0 atom stereocenters. The lowest BCUT2D eigenvalue weighted by Crippen LogP contribution is -2.43. The van der Waals surface area contributed by atoms with Crippen molar-refractivity contribution >= 4 is 17.5 Å². The van der Waals surface area contributed by atoms with Gasteiger partial charge >= 0.3 is 0 Å². The van der Waals surface area contributed by atoms with Gasteiger partial charge in [0, 0.05) is 12.6 Å². The molecule has 0 aromatic heterocycles. The van der Waals surface area contributed by atoms with Gasteiger partial charge in [0.1, 0.15) is 12.1 Å². The monoisotopic (exact) mass is 246 g/mol. The van der Waals surface area contributed by atoms with Gasteiger partial charge in [0.05, 0.1) is 12.5 Å². The number of carbonyl (C=O) groups is 1. The van der Waals surface area contributed by atoms with E-state index in [1.807, 2.05) is 6.07 Å². The van der Waals surface area contributed by atoms with E-state index in [1.165, 1.54) is 0 Å². The summed E-state index contributed by atoms with van der Waals surface area (Å²) in [4.78, 5) is 13.2. The van der Waals surface area contributed by atoms with Crippen LogP contribution in [0.25, 0.3) is 0 Å². The summed E-state index contributed by atoms with van der Waals surface area (Å²) in [5.74, 6) is -0.222. The minimum atomic E-state index is -0.736. The van der Waals surface area contributed by atoms with Gasteiger partial charge in [-0.2, -0.15) is 5.26 Å². The molecule has 1 aliphatic carbocycles. The molecule has 90 valence electrons. The number of amides is 1. The Morgan fingerprint density at radius 2 is 2.06 bits per heavy atom. The van der Waals surface area contributed by atoms with E-state index in [0.717, 1.165) is 0 Å². The molecule has 1 rings (SSSR count). The predicted molar refractivity (Wildman–Crippen MR) is 59.8 cm³/mol. The largest absolute Gasteiger partial charge is 0.338 e. The third-order valence-corrected chi connectivity index (χ3v) is 3.19. The van der Waals surface area contributed by atoms with Crippen LogP contribution in [0.1, 0.15) is 32.1 Å². The van der Waals surface area contributed by atoms with Gasteiger partial charge in [-0.1, -0.05) is 0 Å². The Morgan fingerprint density at radius 3 is 2.56 bits per heavy atom. The highest BCUT2D eigenvalue weighted by atomic mass is 35.5.